The van der Waals surface area contributed by atoms with Crippen molar-refractivity contribution in [2.45, 2.75) is 13.1 Å². The minimum Gasteiger partial charge on any atom is -0.411 e. The van der Waals surface area contributed by atoms with Crippen LogP contribution >= 0.6 is 0 Å². The number of carbonyl (C=O) groups is 2. The number of rotatable bonds is 4. The Morgan fingerprint density at radius 3 is 2.17 bits per heavy atom. The third-order valence-electron chi connectivity index (χ3n) is 4.33. The number of alkyl halides is 3. The predicted octanol–water partition coefficient (Wildman–Crippen LogP) is 5.39. The number of nitrogens with two attached hydrogens (primary N) is 1. The highest BCUT2D eigenvalue weighted by Crippen LogP contribution is 2.36. The molecule has 0 aliphatic rings. The fraction of sp³-hybridized carbons (Fsp3) is 0.0909. The Morgan fingerprint density at radius 1 is 0.967 bits per heavy atom. The highest BCUT2D eigenvalue weighted by Gasteiger charge is 2.34. The number of anilines is 1. The number of halogens is 3. The number of hydrogen-bond acceptors (Lipinski definition) is 3. The maximum atomic E-state index is 13.4. The lowest BCUT2D eigenvalue weighted by Gasteiger charge is -2.17. The summed E-state index contributed by atoms with van der Waals surface area (Å²) in [6.07, 6.45) is -5.58. The van der Waals surface area contributed by atoms with Gasteiger partial charge in [-0.3, -0.25) is 4.79 Å². The molecule has 8 heteroatoms. The van der Waals surface area contributed by atoms with E-state index >= 15 is 0 Å². The standard InChI is InChI=1S/C22H17F3N2O3/c1-13-11-17(14-5-3-2-4-6-14)18(12-19(13)22(23,24)25)20(28)27-15-7-9-16(10-8-15)30-21(26)29/h2-12H,1H3,(H2,26,29)(H,27,28). The van der Waals surface area contributed by atoms with Gasteiger partial charge in [-0.1, -0.05) is 36.4 Å². The quantitative estimate of drug-likeness (QED) is 0.601. The monoisotopic (exact) mass is 414 g/mol. The van der Waals surface area contributed by atoms with Crippen molar-refractivity contribution >= 4 is 17.7 Å². The van der Waals surface area contributed by atoms with Crippen molar-refractivity contribution in [3.63, 3.8) is 0 Å². The molecule has 0 aliphatic heterocycles. The van der Waals surface area contributed by atoms with Gasteiger partial charge in [0.25, 0.3) is 5.91 Å². The average molecular weight is 414 g/mol. The lowest BCUT2D eigenvalue weighted by atomic mass is 9.93. The van der Waals surface area contributed by atoms with Gasteiger partial charge >= 0.3 is 12.3 Å². The van der Waals surface area contributed by atoms with Crippen LogP contribution in [0.15, 0.2) is 66.7 Å². The van der Waals surface area contributed by atoms with Crippen LogP contribution in [0.1, 0.15) is 21.5 Å². The number of aryl methyl sites for hydroxylation is 1. The number of primary amides is 1. The number of ether oxygens (including phenoxy) is 1. The van der Waals surface area contributed by atoms with E-state index in [0.717, 1.165) is 6.07 Å². The molecular weight excluding hydrogens is 397 g/mol. The van der Waals surface area contributed by atoms with Crippen LogP contribution in [0.3, 0.4) is 0 Å². The van der Waals surface area contributed by atoms with Gasteiger partial charge in [0.2, 0.25) is 0 Å². The summed E-state index contributed by atoms with van der Waals surface area (Å²) in [5, 5.41) is 2.57. The SMILES string of the molecule is Cc1cc(-c2ccccc2)c(C(=O)Nc2ccc(OC(N)=O)cc2)cc1C(F)(F)F. The van der Waals surface area contributed by atoms with Crippen molar-refractivity contribution in [3.8, 4) is 16.9 Å². The van der Waals surface area contributed by atoms with Crippen molar-refractivity contribution in [2.24, 2.45) is 5.73 Å². The zero-order valence-corrected chi connectivity index (χ0v) is 15.8. The highest BCUT2D eigenvalue weighted by molar-refractivity contribution is 6.09. The molecule has 0 spiro atoms. The third-order valence-corrected chi connectivity index (χ3v) is 4.33. The Balaban J connectivity index is 2.00. The van der Waals surface area contributed by atoms with E-state index in [-0.39, 0.29) is 16.9 Å². The number of amides is 2. The molecule has 0 unspecified atom stereocenters. The molecule has 5 nitrogen and oxygen atoms in total. The molecule has 30 heavy (non-hydrogen) atoms. The first-order valence-corrected chi connectivity index (χ1v) is 8.81. The summed E-state index contributed by atoms with van der Waals surface area (Å²) < 4.78 is 45.0. The first-order valence-electron chi connectivity index (χ1n) is 8.81. The van der Waals surface area contributed by atoms with Crippen LogP contribution in [0.25, 0.3) is 11.1 Å². The smallest absolute Gasteiger partial charge is 0.411 e. The molecule has 0 fully saturated rings. The zero-order valence-electron chi connectivity index (χ0n) is 15.8. The van der Waals surface area contributed by atoms with Crippen LogP contribution in [0.2, 0.25) is 0 Å². The molecule has 3 N–H and O–H groups in total. The van der Waals surface area contributed by atoms with E-state index in [2.05, 4.69) is 5.32 Å². The topological polar surface area (TPSA) is 81.4 Å². The molecular formula is C22H17F3N2O3. The Bertz CT molecular complexity index is 1080. The number of hydrogen-bond donors (Lipinski definition) is 2. The van der Waals surface area contributed by atoms with E-state index < -0.39 is 23.7 Å². The maximum Gasteiger partial charge on any atom is 0.416 e. The molecule has 3 aromatic rings. The third kappa shape index (κ3) is 4.78. The van der Waals surface area contributed by atoms with Crippen LogP contribution < -0.4 is 15.8 Å². The van der Waals surface area contributed by atoms with E-state index in [4.69, 9.17) is 10.5 Å². The van der Waals surface area contributed by atoms with E-state index in [1.165, 1.54) is 37.3 Å². The van der Waals surface area contributed by atoms with Crippen LogP contribution in [0.5, 0.6) is 5.75 Å². The second-order valence-electron chi connectivity index (χ2n) is 6.48. The van der Waals surface area contributed by atoms with E-state index in [9.17, 15) is 22.8 Å². The normalized spacial score (nSPS) is 11.1. The summed E-state index contributed by atoms with van der Waals surface area (Å²) in [7, 11) is 0. The molecule has 0 radical (unpaired) electrons. The van der Waals surface area contributed by atoms with Gasteiger partial charge in [0.05, 0.1) is 5.56 Å². The van der Waals surface area contributed by atoms with Gasteiger partial charge in [-0.25, -0.2) is 4.79 Å². The Labute approximate surface area is 170 Å². The van der Waals surface area contributed by atoms with Crippen molar-refractivity contribution in [1.82, 2.24) is 0 Å². The summed E-state index contributed by atoms with van der Waals surface area (Å²) in [5.41, 5.74) is 5.26. The van der Waals surface area contributed by atoms with Crippen LogP contribution in [-0.2, 0) is 6.18 Å². The van der Waals surface area contributed by atoms with Crippen molar-refractivity contribution in [2.75, 3.05) is 5.32 Å². The lowest BCUT2D eigenvalue weighted by Crippen LogP contribution is -2.17. The zero-order chi connectivity index (χ0) is 21.9. The molecule has 0 heterocycles. The van der Waals surface area contributed by atoms with Gasteiger partial charge in [0.15, 0.2) is 0 Å². The average Bonchev–Trinajstić information content (AvgIpc) is 2.68. The van der Waals surface area contributed by atoms with Gasteiger partial charge in [-0.15, -0.1) is 0 Å². The van der Waals surface area contributed by atoms with Gasteiger partial charge in [-0.2, -0.15) is 13.2 Å². The maximum absolute atomic E-state index is 13.4. The van der Waals surface area contributed by atoms with Gasteiger partial charge in [0, 0.05) is 11.3 Å². The molecule has 3 rings (SSSR count). The Morgan fingerprint density at radius 2 is 1.60 bits per heavy atom. The van der Waals surface area contributed by atoms with Gasteiger partial charge < -0.3 is 15.8 Å². The molecule has 0 bridgehead atoms. The minimum atomic E-state index is -4.60. The summed E-state index contributed by atoms with van der Waals surface area (Å²) in [6, 6.07) is 16.6. The van der Waals surface area contributed by atoms with Crippen LogP contribution in [-0.4, -0.2) is 12.0 Å². The number of nitrogens with one attached hydrogen (secondary N) is 1. The molecule has 2 amide bonds. The molecule has 0 aromatic heterocycles. The largest absolute Gasteiger partial charge is 0.416 e. The van der Waals surface area contributed by atoms with Crippen molar-refractivity contribution in [1.29, 1.82) is 0 Å². The predicted molar refractivity (Wildman–Crippen MR) is 106 cm³/mol. The second kappa shape index (κ2) is 8.28. The highest BCUT2D eigenvalue weighted by atomic mass is 19.4. The van der Waals surface area contributed by atoms with Crippen molar-refractivity contribution in [3.05, 3.63) is 83.4 Å². The van der Waals surface area contributed by atoms with Crippen molar-refractivity contribution < 1.29 is 27.5 Å². The minimum absolute atomic E-state index is 0.0193. The van der Waals surface area contributed by atoms with E-state index in [1.54, 1.807) is 30.3 Å². The summed E-state index contributed by atoms with van der Waals surface area (Å²) >= 11 is 0. The second-order valence-corrected chi connectivity index (χ2v) is 6.48. The van der Waals surface area contributed by atoms with Gasteiger partial charge in [0.1, 0.15) is 5.75 Å². The summed E-state index contributed by atoms with van der Waals surface area (Å²) in [4.78, 5) is 23.6. The van der Waals surface area contributed by atoms with Gasteiger partial charge in [-0.05, 0) is 53.9 Å². The Kier molecular flexibility index (Phi) is 5.77. The number of benzene rings is 3. The first-order chi connectivity index (χ1) is 14.1. The molecule has 3 aromatic carbocycles. The lowest BCUT2D eigenvalue weighted by molar-refractivity contribution is -0.138. The Hall–Kier alpha value is -3.81. The fourth-order valence-corrected chi connectivity index (χ4v) is 2.98. The molecule has 154 valence electrons. The fourth-order valence-electron chi connectivity index (χ4n) is 2.98. The molecule has 0 aliphatic carbocycles. The van der Waals surface area contributed by atoms with E-state index in [0.29, 0.717) is 16.8 Å². The van der Waals surface area contributed by atoms with Crippen LogP contribution in [0.4, 0.5) is 23.7 Å². The molecule has 0 atom stereocenters. The first kappa shape index (κ1) is 20.9. The molecule has 0 saturated carbocycles. The summed E-state index contributed by atoms with van der Waals surface area (Å²) in [6.45, 7) is 1.36. The number of carbonyl (C=O) groups excluding carboxylic acids is 2. The molecule has 0 saturated heterocycles. The van der Waals surface area contributed by atoms with Crippen LogP contribution in [0, 0.1) is 6.92 Å². The van der Waals surface area contributed by atoms with E-state index in [1.807, 2.05) is 0 Å². The summed E-state index contributed by atoms with van der Waals surface area (Å²) in [5.74, 6) is -0.539.